The first-order valence-electron chi connectivity index (χ1n) is 6.85. The van der Waals surface area contributed by atoms with Crippen molar-refractivity contribution in [3.63, 3.8) is 0 Å². The number of methoxy groups -OCH3 is 1. The van der Waals surface area contributed by atoms with Crippen molar-refractivity contribution in [2.24, 2.45) is 0 Å². The molecule has 2 rings (SSSR count). The van der Waals surface area contributed by atoms with E-state index in [1.807, 2.05) is 31.2 Å². The number of benzene rings is 1. The minimum atomic E-state index is 0. The highest BCUT2D eigenvalue weighted by Gasteiger charge is 2.17. The first-order chi connectivity index (χ1) is 9.19. The maximum absolute atomic E-state index is 11.9. The van der Waals surface area contributed by atoms with E-state index in [0.29, 0.717) is 12.5 Å². The van der Waals surface area contributed by atoms with E-state index >= 15 is 0 Å². The normalized spacial score (nSPS) is 19.2. The topological polar surface area (TPSA) is 50.4 Å². The number of anilines is 1. The Hall–Kier alpha value is -1.10. The van der Waals surface area contributed by atoms with E-state index < -0.39 is 0 Å². The zero-order chi connectivity index (χ0) is 13.7. The summed E-state index contributed by atoms with van der Waals surface area (Å²) in [4.78, 5) is 11.9. The van der Waals surface area contributed by atoms with Crippen LogP contribution >= 0.6 is 12.4 Å². The summed E-state index contributed by atoms with van der Waals surface area (Å²) in [6.45, 7) is 3.02. The zero-order valence-corrected chi connectivity index (χ0v) is 12.8. The predicted molar refractivity (Wildman–Crippen MR) is 83.4 cm³/mol. The molecule has 112 valence electrons. The van der Waals surface area contributed by atoms with Gasteiger partial charge in [0.15, 0.2) is 0 Å². The molecule has 2 unspecified atom stereocenters. The fourth-order valence-corrected chi connectivity index (χ4v) is 2.37. The minimum absolute atomic E-state index is 0. The Kier molecular flexibility index (Phi) is 6.99. The second-order valence-electron chi connectivity index (χ2n) is 5.05. The van der Waals surface area contributed by atoms with Gasteiger partial charge >= 0.3 is 0 Å². The van der Waals surface area contributed by atoms with E-state index in [9.17, 15) is 4.79 Å². The lowest BCUT2D eigenvalue weighted by Gasteiger charge is -2.13. The molecule has 0 bridgehead atoms. The van der Waals surface area contributed by atoms with Crippen LogP contribution in [0.4, 0.5) is 5.69 Å². The molecule has 20 heavy (non-hydrogen) atoms. The summed E-state index contributed by atoms with van der Waals surface area (Å²) >= 11 is 0. The molecule has 0 spiro atoms. The van der Waals surface area contributed by atoms with E-state index in [0.717, 1.165) is 24.2 Å². The van der Waals surface area contributed by atoms with Crippen LogP contribution in [-0.4, -0.2) is 25.6 Å². The maximum Gasteiger partial charge on any atom is 0.225 e. The Morgan fingerprint density at radius 3 is 3.00 bits per heavy atom. The van der Waals surface area contributed by atoms with Crippen molar-refractivity contribution < 1.29 is 9.53 Å². The maximum atomic E-state index is 11.9. The van der Waals surface area contributed by atoms with E-state index in [-0.39, 0.29) is 24.4 Å². The van der Waals surface area contributed by atoms with Crippen molar-refractivity contribution in [3.8, 4) is 0 Å². The van der Waals surface area contributed by atoms with Gasteiger partial charge in [-0.3, -0.25) is 4.79 Å². The van der Waals surface area contributed by atoms with Crippen molar-refractivity contribution in [3.05, 3.63) is 29.8 Å². The van der Waals surface area contributed by atoms with Crippen LogP contribution in [0.1, 0.15) is 37.9 Å². The summed E-state index contributed by atoms with van der Waals surface area (Å²) in [7, 11) is 1.68. The molecule has 1 saturated heterocycles. The highest BCUT2D eigenvalue weighted by molar-refractivity contribution is 5.91. The largest absolute Gasteiger partial charge is 0.377 e. The third-order valence-electron chi connectivity index (χ3n) is 3.59. The van der Waals surface area contributed by atoms with Crippen molar-refractivity contribution in [1.29, 1.82) is 0 Å². The summed E-state index contributed by atoms with van der Waals surface area (Å²) in [5.41, 5.74) is 1.91. The first-order valence-corrected chi connectivity index (χ1v) is 6.85. The van der Waals surface area contributed by atoms with E-state index in [2.05, 4.69) is 10.6 Å². The molecular weight excluding hydrogens is 276 g/mol. The zero-order valence-electron chi connectivity index (χ0n) is 12.0. The molecular formula is C15H23ClN2O2. The van der Waals surface area contributed by atoms with Crippen molar-refractivity contribution >= 4 is 24.0 Å². The fourth-order valence-electron chi connectivity index (χ4n) is 2.37. The fraction of sp³-hybridized carbons (Fsp3) is 0.533. The van der Waals surface area contributed by atoms with E-state index in [1.165, 1.54) is 6.42 Å². The molecule has 0 aromatic heterocycles. The van der Waals surface area contributed by atoms with Crippen LogP contribution in [0.3, 0.4) is 0 Å². The molecule has 1 aromatic carbocycles. The van der Waals surface area contributed by atoms with Crippen LogP contribution in [0.5, 0.6) is 0 Å². The van der Waals surface area contributed by atoms with Crippen molar-refractivity contribution in [2.75, 3.05) is 19.0 Å². The van der Waals surface area contributed by atoms with E-state index in [4.69, 9.17) is 4.74 Å². The summed E-state index contributed by atoms with van der Waals surface area (Å²) in [5.74, 6) is 0.0709. The minimum Gasteiger partial charge on any atom is -0.377 e. The molecule has 5 heteroatoms. The van der Waals surface area contributed by atoms with Gasteiger partial charge in [-0.1, -0.05) is 12.1 Å². The van der Waals surface area contributed by atoms with Gasteiger partial charge in [0.1, 0.15) is 0 Å². The van der Waals surface area contributed by atoms with Crippen molar-refractivity contribution in [2.45, 2.75) is 38.3 Å². The Morgan fingerprint density at radius 2 is 2.35 bits per heavy atom. The number of hydrogen-bond acceptors (Lipinski definition) is 3. The number of rotatable bonds is 5. The average molecular weight is 299 g/mol. The molecule has 2 N–H and O–H groups in total. The molecule has 2 atom stereocenters. The van der Waals surface area contributed by atoms with Crippen LogP contribution in [-0.2, 0) is 9.53 Å². The third kappa shape index (κ3) is 4.78. The van der Waals surface area contributed by atoms with Gasteiger partial charge in [-0.15, -0.1) is 12.4 Å². The van der Waals surface area contributed by atoms with Gasteiger partial charge in [0, 0.05) is 25.3 Å². The van der Waals surface area contributed by atoms with Gasteiger partial charge in [0.05, 0.1) is 6.10 Å². The number of nitrogens with one attached hydrogen (secondary N) is 2. The number of ether oxygens (including phenoxy) is 1. The van der Waals surface area contributed by atoms with Crippen molar-refractivity contribution in [1.82, 2.24) is 5.32 Å². The summed E-state index contributed by atoms with van der Waals surface area (Å²) in [6.07, 6.45) is 2.84. The summed E-state index contributed by atoms with van der Waals surface area (Å²) in [5, 5.41) is 6.28. The Labute approximate surface area is 126 Å². The molecule has 0 aliphatic carbocycles. The monoisotopic (exact) mass is 298 g/mol. The number of hydrogen-bond donors (Lipinski definition) is 2. The number of carbonyl (C=O) groups excluding carboxylic acids is 1. The van der Waals surface area contributed by atoms with Crippen LogP contribution < -0.4 is 10.6 Å². The molecule has 0 saturated carbocycles. The highest BCUT2D eigenvalue weighted by atomic mass is 35.5. The quantitative estimate of drug-likeness (QED) is 0.879. The third-order valence-corrected chi connectivity index (χ3v) is 3.59. The second kappa shape index (κ2) is 8.25. The van der Waals surface area contributed by atoms with Crippen LogP contribution in [0.25, 0.3) is 0 Å². The first kappa shape index (κ1) is 17.0. The van der Waals surface area contributed by atoms with Crippen LogP contribution in [0, 0.1) is 0 Å². The van der Waals surface area contributed by atoms with E-state index in [1.54, 1.807) is 7.11 Å². The summed E-state index contributed by atoms with van der Waals surface area (Å²) < 4.78 is 5.28. The molecule has 1 amide bonds. The van der Waals surface area contributed by atoms with Gasteiger partial charge in [0.2, 0.25) is 5.91 Å². The van der Waals surface area contributed by atoms with Gasteiger partial charge < -0.3 is 15.4 Å². The predicted octanol–water partition coefficient (Wildman–Crippen LogP) is 2.90. The van der Waals surface area contributed by atoms with Gasteiger partial charge in [-0.2, -0.15) is 0 Å². The van der Waals surface area contributed by atoms with Crippen LogP contribution in [0.15, 0.2) is 24.3 Å². The SMILES string of the molecule is COC(C)c1cccc(NC(=O)CC2CCCN2)c1.Cl. The molecule has 1 aliphatic heterocycles. The smallest absolute Gasteiger partial charge is 0.225 e. The lowest BCUT2D eigenvalue weighted by molar-refractivity contribution is -0.116. The molecule has 1 aliphatic rings. The molecule has 0 radical (unpaired) electrons. The molecule has 1 fully saturated rings. The van der Waals surface area contributed by atoms with Gasteiger partial charge in [-0.25, -0.2) is 0 Å². The second-order valence-corrected chi connectivity index (χ2v) is 5.05. The lowest BCUT2D eigenvalue weighted by atomic mass is 10.1. The van der Waals surface area contributed by atoms with Gasteiger partial charge in [-0.05, 0) is 44.0 Å². The Balaban J connectivity index is 0.00000200. The molecule has 4 nitrogen and oxygen atoms in total. The Morgan fingerprint density at radius 1 is 1.55 bits per heavy atom. The lowest BCUT2D eigenvalue weighted by Crippen LogP contribution is -2.27. The van der Waals surface area contributed by atoms with Gasteiger partial charge in [0.25, 0.3) is 0 Å². The average Bonchev–Trinajstić information content (AvgIpc) is 2.90. The number of carbonyl (C=O) groups is 1. The highest BCUT2D eigenvalue weighted by Crippen LogP contribution is 2.20. The van der Waals surface area contributed by atoms with Crippen LogP contribution in [0.2, 0.25) is 0 Å². The number of amides is 1. The molecule has 1 aromatic rings. The Bertz CT molecular complexity index is 434. The molecule has 1 heterocycles. The standard InChI is InChI=1S/C15H22N2O2.ClH/c1-11(19-2)12-5-3-6-14(9-12)17-15(18)10-13-7-4-8-16-13;/h3,5-6,9,11,13,16H,4,7-8,10H2,1-2H3,(H,17,18);1H. The summed E-state index contributed by atoms with van der Waals surface area (Å²) in [6, 6.07) is 8.15. The number of halogens is 1.